The Labute approximate surface area is 149 Å². The van der Waals surface area contributed by atoms with Crippen molar-refractivity contribution < 1.29 is 13.9 Å². The maximum atomic E-state index is 13.8. The molecule has 0 aromatic heterocycles. The first-order chi connectivity index (χ1) is 11.7. The van der Waals surface area contributed by atoms with Crippen LogP contribution in [0.15, 0.2) is 18.2 Å². The quantitative estimate of drug-likeness (QED) is 0.884. The number of likely N-dealkylation sites (tertiary alicyclic amines) is 1. The van der Waals surface area contributed by atoms with Crippen LogP contribution < -0.4 is 10.5 Å². The first-order valence-electron chi connectivity index (χ1n) is 8.72. The van der Waals surface area contributed by atoms with Gasteiger partial charge in [0, 0.05) is 32.7 Å². The van der Waals surface area contributed by atoms with E-state index in [4.69, 9.17) is 10.5 Å². The molecule has 2 rings (SSSR count). The Morgan fingerprint density at radius 2 is 2.20 bits per heavy atom. The van der Waals surface area contributed by atoms with Gasteiger partial charge in [-0.1, -0.05) is 19.9 Å². The highest BCUT2D eigenvalue weighted by molar-refractivity contribution is 5.81. The van der Waals surface area contributed by atoms with E-state index in [-0.39, 0.29) is 29.2 Å². The summed E-state index contributed by atoms with van der Waals surface area (Å²) in [5.41, 5.74) is 6.91. The van der Waals surface area contributed by atoms with Gasteiger partial charge < -0.3 is 15.4 Å². The minimum Gasteiger partial charge on any atom is -0.494 e. The van der Waals surface area contributed by atoms with Crippen LogP contribution in [0.4, 0.5) is 4.39 Å². The monoisotopic (exact) mass is 351 g/mol. The van der Waals surface area contributed by atoms with Crippen molar-refractivity contribution in [2.45, 2.75) is 45.8 Å². The fraction of sp³-hybridized carbons (Fsp3) is 0.632. The van der Waals surface area contributed by atoms with Gasteiger partial charge in [-0.25, -0.2) is 4.39 Å². The number of ether oxygens (including phenoxy) is 1. The van der Waals surface area contributed by atoms with Crippen LogP contribution >= 0.6 is 0 Å². The second kappa shape index (κ2) is 7.70. The van der Waals surface area contributed by atoms with Crippen molar-refractivity contribution in [2.75, 3.05) is 27.2 Å². The van der Waals surface area contributed by atoms with E-state index in [9.17, 15) is 9.18 Å². The molecule has 1 fully saturated rings. The average Bonchev–Trinajstić information content (AvgIpc) is 2.56. The maximum absolute atomic E-state index is 13.8. The van der Waals surface area contributed by atoms with Gasteiger partial charge >= 0.3 is 0 Å². The molecule has 1 aromatic carbocycles. The van der Waals surface area contributed by atoms with Gasteiger partial charge in [-0.2, -0.15) is 0 Å². The number of amides is 1. The van der Waals surface area contributed by atoms with E-state index in [1.54, 1.807) is 24.1 Å². The minimum absolute atomic E-state index is 0.00945. The summed E-state index contributed by atoms with van der Waals surface area (Å²) in [5, 5.41) is 0. The number of likely N-dealkylation sites (N-methyl/N-ethyl adjacent to an activating group) is 1. The Balaban J connectivity index is 2.00. The lowest BCUT2D eigenvalue weighted by Gasteiger charge is -2.45. The second-order valence-corrected chi connectivity index (χ2v) is 7.69. The highest BCUT2D eigenvalue weighted by Gasteiger charge is 2.37. The highest BCUT2D eigenvalue weighted by atomic mass is 19.1. The van der Waals surface area contributed by atoms with Crippen molar-refractivity contribution in [3.05, 3.63) is 29.6 Å². The number of halogens is 1. The summed E-state index contributed by atoms with van der Waals surface area (Å²) in [6.07, 6.45) is 0.887. The van der Waals surface area contributed by atoms with Crippen molar-refractivity contribution in [3.8, 4) is 5.75 Å². The molecule has 1 amide bonds. The standard InChI is InChI=1S/C19H30FN3O2/c1-13(23-9-8-17(21)19(2,3)12-23)18(24)22(4)11-14-6-7-16(25-5)15(20)10-14/h6-7,10,13,17H,8-9,11-12,21H2,1-5H3. The topological polar surface area (TPSA) is 58.8 Å². The van der Waals surface area contributed by atoms with Crippen LogP contribution in [0, 0.1) is 11.2 Å². The predicted octanol–water partition coefficient (Wildman–Crippen LogP) is 2.24. The molecule has 5 nitrogen and oxygen atoms in total. The number of benzene rings is 1. The molecule has 25 heavy (non-hydrogen) atoms. The van der Waals surface area contributed by atoms with Crippen LogP contribution in [0.25, 0.3) is 0 Å². The van der Waals surface area contributed by atoms with E-state index in [0.29, 0.717) is 6.54 Å². The Morgan fingerprint density at radius 1 is 1.52 bits per heavy atom. The molecule has 1 heterocycles. The lowest BCUT2D eigenvalue weighted by atomic mass is 9.79. The first kappa shape index (κ1) is 19.7. The molecule has 2 N–H and O–H groups in total. The normalized spacial score (nSPS) is 21.6. The molecule has 2 unspecified atom stereocenters. The number of nitrogens with two attached hydrogens (primary N) is 1. The minimum atomic E-state index is -0.416. The number of rotatable bonds is 5. The third-order valence-corrected chi connectivity index (χ3v) is 5.26. The fourth-order valence-electron chi connectivity index (χ4n) is 3.38. The number of carbonyl (C=O) groups excluding carboxylic acids is 1. The van der Waals surface area contributed by atoms with Crippen LogP contribution in [0.1, 0.15) is 32.8 Å². The zero-order chi connectivity index (χ0) is 18.8. The molecule has 2 atom stereocenters. The average molecular weight is 351 g/mol. The molecular formula is C19H30FN3O2. The Morgan fingerprint density at radius 3 is 2.76 bits per heavy atom. The molecular weight excluding hydrogens is 321 g/mol. The van der Waals surface area contributed by atoms with Gasteiger partial charge in [-0.15, -0.1) is 0 Å². The second-order valence-electron chi connectivity index (χ2n) is 7.69. The number of methoxy groups -OCH3 is 1. The van der Waals surface area contributed by atoms with Crippen LogP contribution in [0.3, 0.4) is 0 Å². The molecule has 6 heteroatoms. The van der Waals surface area contributed by atoms with E-state index in [0.717, 1.165) is 25.1 Å². The van der Waals surface area contributed by atoms with Crippen LogP contribution in [0.2, 0.25) is 0 Å². The number of piperidine rings is 1. The summed E-state index contributed by atoms with van der Waals surface area (Å²) in [7, 11) is 3.18. The van der Waals surface area contributed by atoms with Gasteiger partial charge in [0.15, 0.2) is 11.6 Å². The van der Waals surface area contributed by atoms with E-state index >= 15 is 0 Å². The largest absolute Gasteiger partial charge is 0.494 e. The van der Waals surface area contributed by atoms with Crippen LogP contribution in [-0.2, 0) is 11.3 Å². The summed E-state index contributed by atoms with van der Waals surface area (Å²) < 4.78 is 18.8. The van der Waals surface area contributed by atoms with Crippen molar-refractivity contribution in [3.63, 3.8) is 0 Å². The fourth-order valence-corrected chi connectivity index (χ4v) is 3.38. The number of nitrogens with zero attached hydrogens (tertiary/aromatic N) is 2. The van der Waals surface area contributed by atoms with Gasteiger partial charge in [0.1, 0.15) is 0 Å². The summed E-state index contributed by atoms with van der Waals surface area (Å²) in [6.45, 7) is 8.20. The number of hydrogen-bond acceptors (Lipinski definition) is 4. The molecule has 1 aliphatic rings. The Kier molecular flexibility index (Phi) is 6.06. The highest BCUT2D eigenvalue weighted by Crippen LogP contribution is 2.29. The van der Waals surface area contributed by atoms with Crippen molar-refractivity contribution in [2.24, 2.45) is 11.1 Å². The summed E-state index contributed by atoms with van der Waals surface area (Å²) >= 11 is 0. The van der Waals surface area contributed by atoms with Gasteiger partial charge in [-0.3, -0.25) is 9.69 Å². The number of carbonyl (C=O) groups is 1. The van der Waals surface area contributed by atoms with Crippen molar-refractivity contribution in [1.29, 1.82) is 0 Å². The zero-order valence-electron chi connectivity index (χ0n) is 15.9. The van der Waals surface area contributed by atoms with Crippen molar-refractivity contribution >= 4 is 5.91 Å². The Bertz CT molecular complexity index is 621. The third-order valence-electron chi connectivity index (χ3n) is 5.26. The lowest BCUT2D eigenvalue weighted by Crippen LogP contribution is -2.57. The van der Waals surface area contributed by atoms with E-state index in [1.807, 2.05) is 6.92 Å². The molecule has 0 bridgehead atoms. The summed E-state index contributed by atoms with van der Waals surface area (Å²) in [5.74, 6) is -0.179. The van der Waals surface area contributed by atoms with Gasteiger partial charge in [0.05, 0.1) is 13.2 Å². The molecule has 0 spiro atoms. The van der Waals surface area contributed by atoms with Crippen LogP contribution in [-0.4, -0.2) is 55.0 Å². The molecule has 1 aliphatic heterocycles. The maximum Gasteiger partial charge on any atom is 0.239 e. The summed E-state index contributed by atoms with van der Waals surface area (Å²) in [6, 6.07) is 4.71. The van der Waals surface area contributed by atoms with Gasteiger partial charge in [-0.05, 0) is 36.5 Å². The lowest BCUT2D eigenvalue weighted by molar-refractivity contribution is -0.137. The van der Waals surface area contributed by atoms with E-state index in [2.05, 4.69) is 18.7 Å². The first-order valence-corrected chi connectivity index (χ1v) is 8.72. The Hall–Kier alpha value is -1.66. The predicted molar refractivity (Wildman–Crippen MR) is 96.8 cm³/mol. The molecule has 0 saturated carbocycles. The number of hydrogen-bond donors (Lipinski definition) is 1. The molecule has 140 valence electrons. The molecule has 0 radical (unpaired) electrons. The summed E-state index contributed by atoms with van der Waals surface area (Å²) in [4.78, 5) is 16.6. The molecule has 0 aliphatic carbocycles. The smallest absolute Gasteiger partial charge is 0.239 e. The SMILES string of the molecule is COc1ccc(CN(C)C(=O)C(C)N2CCC(N)C(C)(C)C2)cc1F. The van der Waals surface area contributed by atoms with E-state index < -0.39 is 5.82 Å². The van der Waals surface area contributed by atoms with E-state index in [1.165, 1.54) is 13.2 Å². The van der Waals surface area contributed by atoms with Gasteiger partial charge in [0.25, 0.3) is 0 Å². The molecule has 1 aromatic rings. The third kappa shape index (κ3) is 4.50. The molecule has 1 saturated heterocycles. The van der Waals surface area contributed by atoms with Crippen molar-refractivity contribution in [1.82, 2.24) is 9.80 Å². The van der Waals surface area contributed by atoms with Gasteiger partial charge in [0.2, 0.25) is 5.91 Å². The van der Waals surface area contributed by atoms with Crippen LogP contribution in [0.5, 0.6) is 5.75 Å². The zero-order valence-corrected chi connectivity index (χ0v) is 15.9.